The predicted molar refractivity (Wildman–Crippen MR) is 125 cm³/mol. The normalized spacial score (nSPS) is 10.8. The van der Waals surface area contributed by atoms with Crippen LogP contribution in [0.1, 0.15) is 71.4 Å². The van der Waals surface area contributed by atoms with Gasteiger partial charge in [0.15, 0.2) is 0 Å². The molecule has 2 N–H and O–H groups in total. The Kier molecular flexibility index (Phi) is 16.8. The highest BCUT2D eigenvalue weighted by atomic mass is 14.5. The minimum Gasteiger partial charge on any atom is -0.403 e. The van der Waals surface area contributed by atoms with E-state index >= 15 is 0 Å². The molecule has 0 heterocycles. The van der Waals surface area contributed by atoms with Crippen LogP contribution in [0, 0.1) is 12.8 Å². The summed E-state index contributed by atoms with van der Waals surface area (Å²) < 4.78 is 0. The first-order valence-electron chi connectivity index (χ1n) is 9.66. The molecule has 1 nitrogen and oxygen atoms in total. The Bertz CT molecular complexity index is 637. The molecule has 0 bridgehead atoms. The van der Waals surface area contributed by atoms with Crippen molar-refractivity contribution in [1.82, 2.24) is 0 Å². The molecule has 148 valence electrons. The number of nitrogens with two attached hydrogens (primary N) is 1. The van der Waals surface area contributed by atoms with Gasteiger partial charge in [0.05, 0.1) is 0 Å². The van der Waals surface area contributed by atoms with Gasteiger partial charge in [-0.2, -0.15) is 0 Å². The molecule has 1 aromatic rings. The third-order valence-corrected chi connectivity index (χ3v) is 3.93. The zero-order valence-corrected chi connectivity index (χ0v) is 18.1. The molecule has 0 aliphatic carbocycles. The third-order valence-electron chi connectivity index (χ3n) is 3.93. The predicted octanol–water partition coefficient (Wildman–Crippen LogP) is 7.46. The molecular formula is C26H39N. The molecule has 0 saturated carbocycles. The van der Waals surface area contributed by atoms with Crippen LogP contribution < -0.4 is 5.73 Å². The Morgan fingerprint density at radius 3 is 2.15 bits per heavy atom. The second-order valence-electron chi connectivity index (χ2n) is 6.74. The number of benzene rings is 1. The lowest BCUT2D eigenvalue weighted by Crippen LogP contribution is -1.86. The van der Waals surface area contributed by atoms with Crippen LogP contribution in [0.2, 0.25) is 0 Å². The Balaban J connectivity index is 0. The van der Waals surface area contributed by atoms with Crippen molar-refractivity contribution in [1.29, 1.82) is 0 Å². The number of terminal acetylenes is 1. The lowest BCUT2D eigenvalue weighted by atomic mass is 10.0. The van der Waals surface area contributed by atoms with Crippen molar-refractivity contribution in [2.24, 2.45) is 5.73 Å². The highest BCUT2D eigenvalue weighted by Crippen LogP contribution is 2.18. The number of allylic oxidation sites excluding steroid dienone is 6. The van der Waals surface area contributed by atoms with Gasteiger partial charge in [0, 0.05) is 0 Å². The molecule has 0 saturated heterocycles. The summed E-state index contributed by atoms with van der Waals surface area (Å²) in [5.41, 5.74) is 12.3. The van der Waals surface area contributed by atoms with Crippen molar-refractivity contribution >= 4 is 5.57 Å². The van der Waals surface area contributed by atoms with Crippen LogP contribution in [0.5, 0.6) is 0 Å². The Hall–Kier alpha value is -2.46. The zero-order valence-electron chi connectivity index (χ0n) is 18.1. The van der Waals surface area contributed by atoms with Crippen LogP contribution in [0.3, 0.4) is 0 Å². The summed E-state index contributed by atoms with van der Waals surface area (Å²) >= 11 is 0. The van der Waals surface area contributed by atoms with Crippen molar-refractivity contribution in [2.75, 3.05) is 0 Å². The van der Waals surface area contributed by atoms with Gasteiger partial charge in [-0.25, -0.2) is 0 Å². The monoisotopic (exact) mass is 365 g/mol. The topological polar surface area (TPSA) is 26.0 Å². The smallest absolute Gasteiger partial charge is 0.00242 e. The Morgan fingerprint density at radius 2 is 1.63 bits per heavy atom. The molecule has 0 aliphatic heterocycles. The standard InChI is InChI=1S/C21H30.C3H7N.C2H2/c1-6-10-17(3)18(4)12-8-13-19(5)21-15-9-14-20(16-21)11-7-2;1-3(2)4;1-2/h8-9,13-16H,5-7,10-12H2,1-4H3;1,4H2,2H3;1-2H/b13-8-,18-17+;;. The molecule has 0 fully saturated rings. The molecule has 0 atom stereocenters. The fourth-order valence-corrected chi connectivity index (χ4v) is 2.45. The summed E-state index contributed by atoms with van der Waals surface area (Å²) in [5, 5.41) is 0. The Morgan fingerprint density at radius 1 is 1.04 bits per heavy atom. The van der Waals surface area contributed by atoms with Crippen LogP contribution in [-0.4, -0.2) is 0 Å². The lowest BCUT2D eigenvalue weighted by Gasteiger charge is -2.06. The van der Waals surface area contributed by atoms with Gasteiger partial charge < -0.3 is 5.73 Å². The first-order valence-corrected chi connectivity index (χ1v) is 9.66. The van der Waals surface area contributed by atoms with E-state index in [1.54, 1.807) is 6.92 Å². The van der Waals surface area contributed by atoms with Gasteiger partial charge in [-0.1, -0.05) is 87.4 Å². The molecule has 0 aromatic heterocycles. The van der Waals surface area contributed by atoms with Gasteiger partial charge in [0.2, 0.25) is 0 Å². The minimum absolute atomic E-state index is 0.667. The van der Waals surface area contributed by atoms with Crippen LogP contribution in [0.15, 0.2) is 66.4 Å². The molecule has 1 heteroatoms. The SMILES string of the molecule is C#C.C=C(/C=C\C/C(C)=C(\C)CCC)c1cccc(CCC)c1.C=C(C)N. The van der Waals surface area contributed by atoms with Gasteiger partial charge >= 0.3 is 0 Å². The van der Waals surface area contributed by atoms with Crippen LogP contribution in [-0.2, 0) is 6.42 Å². The van der Waals surface area contributed by atoms with E-state index in [0.29, 0.717) is 5.70 Å². The molecule has 0 aliphatic rings. The number of hydrogen-bond donors (Lipinski definition) is 1. The van der Waals surface area contributed by atoms with E-state index in [9.17, 15) is 0 Å². The minimum atomic E-state index is 0.667. The molecule has 0 amide bonds. The first-order chi connectivity index (χ1) is 12.8. The fraction of sp³-hybridized carbons (Fsp3) is 0.385. The quantitative estimate of drug-likeness (QED) is 0.289. The summed E-state index contributed by atoms with van der Waals surface area (Å²) in [7, 11) is 0. The van der Waals surface area contributed by atoms with E-state index in [1.807, 2.05) is 0 Å². The number of hydrogen-bond acceptors (Lipinski definition) is 1. The van der Waals surface area contributed by atoms with E-state index in [0.717, 1.165) is 18.4 Å². The maximum absolute atomic E-state index is 4.92. The number of aryl methyl sites for hydroxylation is 1. The first kappa shape index (κ1) is 26.8. The van der Waals surface area contributed by atoms with Crippen molar-refractivity contribution < 1.29 is 0 Å². The molecule has 1 rings (SSSR count). The maximum atomic E-state index is 4.92. The van der Waals surface area contributed by atoms with E-state index < -0.39 is 0 Å². The van der Waals surface area contributed by atoms with E-state index in [1.165, 1.54) is 41.5 Å². The van der Waals surface area contributed by atoms with Crippen molar-refractivity contribution in [3.05, 3.63) is 77.5 Å². The van der Waals surface area contributed by atoms with Crippen LogP contribution in [0.25, 0.3) is 5.57 Å². The summed E-state index contributed by atoms with van der Waals surface area (Å²) in [4.78, 5) is 0. The van der Waals surface area contributed by atoms with Gasteiger partial charge in [-0.3, -0.25) is 0 Å². The van der Waals surface area contributed by atoms with Crippen molar-refractivity contribution in [3.8, 4) is 12.8 Å². The molecule has 0 radical (unpaired) electrons. The van der Waals surface area contributed by atoms with Gasteiger partial charge in [0.1, 0.15) is 0 Å². The highest BCUT2D eigenvalue weighted by molar-refractivity contribution is 5.72. The zero-order chi connectivity index (χ0) is 21.2. The average Bonchev–Trinajstić information content (AvgIpc) is 2.63. The highest BCUT2D eigenvalue weighted by Gasteiger charge is 1.98. The molecule has 1 aromatic carbocycles. The third kappa shape index (κ3) is 14.4. The fourth-order valence-electron chi connectivity index (χ4n) is 2.45. The van der Waals surface area contributed by atoms with E-state index in [4.69, 9.17) is 5.73 Å². The average molecular weight is 366 g/mol. The van der Waals surface area contributed by atoms with Crippen LogP contribution >= 0.6 is 0 Å². The van der Waals surface area contributed by atoms with Gasteiger partial charge in [-0.05, 0) is 62.4 Å². The molecule has 27 heavy (non-hydrogen) atoms. The van der Waals surface area contributed by atoms with Crippen molar-refractivity contribution in [3.63, 3.8) is 0 Å². The van der Waals surface area contributed by atoms with E-state index in [2.05, 4.69) is 90.1 Å². The summed E-state index contributed by atoms with van der Waals surface area (Å²) in [6.07, 6.45) is 18.2. The summed E-state index contributed by atoms with van der Waals surface area (Å²) in [6, 6.07) is 8.75. The molecule has 0 unspecified atom stereocenters. The van der Waals surface area contributed by atoms with Crippen LogP contribution in [0.4, 0.5) is 0 Å². The van der Waals surface area contributed by atoms with E-state index in [-0.39, 0.29) is 0 Å². The molecule has 0 spiro atoms. The molecular weight excluding hydrogens is 326 g/mol. The number of rotatable bonds is 8. The van der Waals surface area contributed by atoms with Gasteiger partial charge in [-0.15, -0.1) is 12.8 Å². The summed E-state index contributed by atoms with van der Waals surface area (Å²) in [5.74, 6) is 0. The second kappa shape index (κ2) is 17.0. The lowest BCUT2D eigenvalue weighted by molar-refractivity contribution is 0.882. The van der Waals surface area contributed by atoms with Gasteiger partial charge in [0.25, 0.3) is 0 Å². The van der Waals surface area contributed by atoms with Crippen molar-refractivity contribution in [2.45, 2.75) is 66.7 Å². The summed E-state index contributed by atoms with van der Waals surface area (Å²) in [6.45, 7) is 18.2. The largest absolute Gasteiger partial charge is 0.403 e. The second-order valence-corrected chi connectivity index (χ2v) is 6.74. The Labute approximate surface area is 168 Å². The maximum Gasteiger partial charge on any atom is -0.00242 e.